The fraction of sp³-hybridized carbons (Fsp3) is 0.500. The van der Waals surface area contributed by atoms with Gasteiger partial charge in [0.1, 0.15) is 10.8 Å². The van der Waals surface area contributed by atoms with E-state index in [0.29, 0.717) is 25.8 Å². The number of halogens is 1. The highest BCUT2D eigenvalue weighted by molar-refractivity contribution is 9.11. The fourth-order valence-corrected chi connectivity index (χ4v) is 7.76. The van der Waals surface area contributed by atoms with Gasteiger partial charge in [-0.05, 0) is 73.2 Å². The molecule has 0 spiro atoms. The van der Waals surface area contributed by atoms with Crippen molar-refractivity contribution in [3.63, 3.8) is 0 Å². The molecule has 0 unspecified atom stereocenters. The molecule has 0 atom stereocenters. The van der Waals surface area contributed by atoms with E-state index in [-0.39, 0.29) is 23.2 Å². The summed E-state index contributed by atoms with van der Waals surface area (Å²) in [6, 6.07) is 7.24. The molecule has 2 aromatic rings. The Hall–Kier alpha value is -2.19. The second-order valence-electron chi connectivity index (χ2n) is 9.10. The van der Waals surface area contributed by atoms with Crippen LogP contribution in [0.5, 0.6) is 5.75 Å². The van der Waals surface area contributed by atoms with Crippen LogP contribution >= 0.6 is 27.3 Å². The van der Waals surface area contributed by atoms with Crippen LogP contribution in [0.15, 0.2) is 28.1 Å². The predicted molar refractivity (Wildman–Crippen MR) is 144 cm³/mol. The Morgan fingerprint density at radius 2 is 1.89 bits per heavy atom. The molecule has 0 bridgehead atoms. The van der Waals surface area contributed by atoms with Crippen molar-refractivity contribution in [3.05, 3.63) is 44.7 Å². The zero-order valence-electron chi connectivity index (χ0n) is 21.1. The molecule has 204 valence electrons. The molecule has 0 radical (unpaired) electrons. The van der Waals surface area contributed by atoms with Crippen LogP contribution in [0.25, 0.3) is 0 Å². The van der Waals surface area contributed by atoms with Gasteiger partial charge in [-0.3, -0.25) is 4.79 Å². The summed E-state index contributed by atoms with van der Waals surface area (Å²) in [5.74, 6) is -1.64. The first-order valence-electron chi connectivity index (χ1n) is 11.6. The molecule has 3 heterocycles. The number of para-hydroxylation sites is 1. The topological polar surface area (TPSA) is 134 Å². The number of methoxy groups -OCH3 is 1. The van der Waals surface area contributed by atoms with Gasteiger partial charge in [-0.25, -0.2) is 13.4 Å². The summed E-state index contributed by atoms with van der Waals surface area (Å²) >= 11 is 4.51. The van der Waals surface area contributed by atoms with Crippen LogP contribution < -0.4 is 9.04 Å². The van der Waals surface area contributed by atoms with Gasteiger partial charge in [-0.2, -0.15) is 8.42 Å². The lowest BCUT2D eigenvalue weighted by atomic mass is 10.0. The van der Waals surface area contributed by atoms with Crippen molar-refractivity contribution < 1.29 is 37.7 Å². The van der Waals surface area contributed by atoms with E-state index in [2.05, 4.69) is 15.9 Å². The second kappa shape index (κ2) is 11.7. The molecule has 1 aromatic heterocycles. The van der Waals surface area contributed by atoms with Crippen LogP contribution in [0.3, 0.4) is 0 Å². The number of carboxylic acid groups (broad SMARTS) is 1. The van der Waals surface area contributed by atoms with Gasteiger partial charge in [0.25, 0.3) is 5.91 Å². The summed E-state index contributed by atoms with van der Waals surface area (Å²) in [7, 11) is -2.91. The number of aliphatic carboxylic acids is 1. The number of fused-ring (bicyclic) bond motifs is 1. The number of aliphatic hydroxyl groups is 1. The number of benzene rings is 1. The lowest BCUT2D eigenvalue weighted by Gasteiger charge is -2.41. The van der Waals surface area contributed by atoms with Crippen LogP contribution in [0.2, 0.25) is 0 Å². The SMILES string of the molecule is COc1ccccc1CCN1c2sc(Br)c(C)c2C(=O)N(C(C)(C)C(=O)O)S1(=O)=O.OC1CCOCC1. The smallest absolute Gasteiger partial charge is 0.330 e. The maximum Gasteiger partial charge on any atom is 0.330 e. The van der Waals surface area contributed by atoms with Crippen molar-refractivity contribution in [3.8, 4) is 5.75 Å². The Balaban J connectivity index is 0.000000468. The summed E-state index contributed by atoms with van der Waals surface area (Å²) in [5, 5.41) is 18.7. The van der Waals surface area contributed by atoms with Gasteiger partial charge in [-0.1, -0.05) is 18.2 Å². The van der Waals surface area contributed by atoms with Gasteiger partial charge < -0.3 is 19.7 Å². The largest absolute Gasteiger partial charge is 0.496 e. The van der Waals surface area contributed by atoms with Gasteiger partial charge >= 0.3 is 16.2 Å². The highest BCUT2D eigenvalue weighted by Gasteiger charge is 2.53. The molecule has 0 aliphatic carbocycles. The molecule has 2 aliphatic rings. The molecule has 10 nitrogen and oxygen atoms in total. The van der Waals surface area contributed by atoms with Crippen LogP contribution in [0.1, 0.15) is 48.2 Å². The first-order valence-corrected chi connectivity index (χ1v) is 14.6. The van der Waals surface area contributed by atoms with E-state index in [9.17, 15) is 23.1 Å². The Bertz CT molecular complexity index is 1260. The molecule has 1 aromatic carbocycles. The Kier molecular flexibility index (Phi) is 9.27. The zero-order valence-corrected chi connectivity index (χ0v) is 24.3. The molecular weight excluding hydrogens is 588 g/mol. The van der Waals surface area contributed by atoms with Crippen molar-refractivity contribution in [2.45, 2.75) is 51.7 Å². The third kappa shape index (κ3) is 5.95. The van der Waals surface area contributed by atoms with Crippen LogP contribution in [-0.2, 0) is 26.2 Å². The quantitative estimate of drug-likeness (QED) is 0.501. The number of ether oxygens (including phenoxy) is 2. The normalized spacial score (nSPS) is 17.6. The van der Waals surface area contributed by atoms with E-state index in [4.69, 9.17) is 14.6 Å². The van der Waals surface area contributed by atoms with Crippen molar-refractivity contribution in [1.29, 1.82) is 0 Å². The summed E-state index contributed by atoms with van der Waals surface area (Å²) in [4.78, 5) is 25.0. The number of rotatable bonds is 6. The summed E-state index contributed by atoms with van der Waals surface area (Å²) in [5.41, 5.74) is -0.401. The predicted octanol–water partition coefficient (Wildman–Crippen LogP) is 3.60. The molecule has 4 rings (SSSR count). The number of hydrogen-bond donors (Lipinski definition) is 2. The standard InChI is InChI=1S/C19H21BrN2O6S2.C5H10O2/c1-11-14-16(23)22(19(2,3)18(24)25)30(26,27)21(17(14)29-15(11)20)10-9-12-7-5-6-8-13(12)28-4;6-5-1-3-7-4-2-5/h5-8H,9-10H2,1-4H3,(H,24,25);5-6H,1-4H2. The van der Waals surface area contributed by atoms with E-state index < -0.39 is 27.6 Å². The van der Waals surface area contributed by atoms with Crippen molar-refractivity contribution in [2.75, 3.05) is 31.2 Å². The number of anilines is 1. The van der Waals surface area contributed by atoms with Crippen molar-refractivity contribution in [1.82, 2.24) is 4.31 Å². The van der Waals surface area contributed by atoms with E-state index in [1.54, 1.807) is 13.0 Å². The molecule has 2 aliphatic heterocycles. The molecule has 2 N–H and O–H groups in total. The molecular formula is C24H31BrN2O8S2. The summed E-state index contributed by atoms with van der Waals surface area (Å²) < 4.78 is 39.4. The molecule has 37 heavy (non-hydrogen) atoms. The fourth-order valence-electron chi connectivity index (χ4n) is 3.97. The van der Waals surface area contributed by atoms with E-state index in [1.807, 2.05) is 18.2 Å². The number of thiophene rings is 1. The van der Waals surface area contributed by atoms with E-state index >= 15 is 0 Å². The third-order valence-corrected chi connectivity index (χ3v) is 10.5. The third-order valence-electron chi connectivity index (χ3n) is 6.20. The van der Waals surface area contributed by atoms with Crippen molar-refractivity contribution >= 4 is 54.4 Å². The minimum absolute atomic E-state index is 0.0155. The number of carbonyl (C=O) groups excluding carboxylic acids is 1. The lowest BCUT2D eigenvalue weighted by Crippen LogP contribution is -2.62. The highest BCUT2D eigenvalue weighted by atomic mass is 79.9. The minimum Gasteiger partial charge on any atom is -0.496 e. The maximum atomic E-state index is 13.5. The molecule has 13 heteroatoms. The van der Waals surface area contributed by atoms with Gasteiger partial charge in [0, 0.05) is 19.8 Å². The van der Waals surface area contributed by atoms with E-state index in [1.165, 1.54) is 21.0 Å². The number of aliphatic hydroxyl groups excluding tert-OH is 1. The first kappa shape index (κ1) is 29.4. The first-order chi connectivity index (χ1) is 17.3. The zero-order chi connectivity index (χ0) is 27.5. The number of amides is 1. The van der Waals surface area contributed by atoms with Gasteiger partial charge in [0.15, 0.2) is 5.54 Å². The average molecular weight is 620 g/mol. The van der Waals surface area contributed by atoms with Crippen LogP contribution in [0.4, 0.5) is 5.00 Å². The van der Waals surface area contributed by atoms with Gasteiger partial charge in [0.05, 0.1) is 22.6 Å². The van der Waals surface area contributed by atoms with E-state index in [0.717, 1.165) is 47.3 Å². The molecule has 0 saturated carbocycles. The highest BCUT2D eigenvalue weighted by Crippen LogP contribution is 2.46. The van der Waals surface area contributed by atoms with Gasteiger partial charge in [-0.15, -0.1) is 11.3 Å². The van der Waals surface area contributed by atoms with Crippen LogP contribution in [0, 0.1) is 6.92 Å². The Morgan fingerprint density at radius 1 is 1.27 bits per heavy atom. The maximum absolute atomic E-state index is 13.5. The number of carbonyl (C=O) groups is 2. The summed E-state index contributed by atoms with van der Waals surface area (Å²) in [6.45, 7) is 5.58. The summed E-state index contributed by atoms with van der Waals surface area (Å²) in [6.07, 6.45) is 1.86. The number of carboxylic acids is 1. The Morgan fingerprint density at radius 3 is 2.43 bits per heavy atom. The molecule has 1 saturated heterocycles. The lowest BCUT2D eigenvalue weighted by molar-refractivity contribution is -0.145. The molecule has 1 amide bonds. The Labute approximate surface area is 229 Å². The average Bonchev–Trinajstić information content (AvgIpc) is 3.13. The number of nitrogens with zero attached hydrogens (tertiary/aromatic N) is 2. The minimum atomic E-state index is -4.44. The van der Waals surface area contributed by atoms with Crippen LogP contribution in [-0.4, -0.2) is 73.3 Å². The number of hydrogen-bond acceptors (Lipinski definition) is 8. The monoisotopic (exact) mass is 618 g/mol. The van der Waals surface area contributed by atoms with Crippen molar-refractivity contribution in [2.24, 2.45) is 0 Å². The second-order valence-corrected chi connectivity index (χ2v) is 13.1. The van der Waals surface area contributed by atoms with Gasteiger partial charge in [0.2, 0.25) is 0 Å². The molecule has 1 fully saturated rings.